The molecule has 2 nitrogen and oxygen atoms in total. The van der Waals surface area contributed by atoms with E-state index in [-0.39, 0.29) is 11.6 Å². The highest BCUT2D eigenvalue weighted by molar-refractivity contribution is 5.58. The number of benzene rings is 2. The summed E-state index contributed by atoms with van der Waals surface area (Å²) >= 11 is 0. The first-order chi connectivity index (χ1) is 12.4. The average Bonchev–Trinajstić information content (AvgIpc) is 3.21. The van der Waals surface area contributed by atoms with Gasteiger partial charge < -0.3 is 4.90 Å². The summed E-state index contributed by atoms with van der Waals surface area (Å²) in [5, 5.41) is 0. The van der Waals surface area contributed by atoms with Crippen LogP contribution in [0.5, 0.6) is 0 Å². The highest BCUT2D eigenvalue weighted by Gasteiger charge is 2.24. The molecule has 2 aromatic carbocycles. The van der Waals surface area contributed by atoms with Crippen molar-refractivity contribution >= 4 is 5.69 Å². The molecule has 0 aliphatic carbocycles. The van der Waals surface area contributed by atoms with Crippen molar-refractivity contribution in [3.05, 3.63) is 64.7 Å². The molecule has 26 heavy (non-hydrogen) atoms. The van der Waals surface area contributed by atoms with E-state index in [4.69, 9.17) is 0 Å². The van der Waals surface area contributed by atoms with E-state index >= 15 is 0 Å². The van der Waals surface area contributed by atoms with E-state index < -0.39 is 0 Å². The molecule has 2 aliphatic rings. The molecule has 4 rings (SSSR count). The van der Waals surface area contributed by atoms with Crippen LogP contribution in [0.3, 0.4) is 0 Å². The molecule has 0 saturated carbocycles. The zero-order chi connectivity index (χ0) is 18.8. The van der Waals surface area contributed by atoms with Gasteiger partial charge in [0.2, 0.25) is 0 Å². The van der Waals surface area contributed by atoms with Gasteiger partial charge in [-0.25, -0.2) is 8.78 Å². The quantitative estimate of drug-likeness (QED) is 0.733. The van der Waals surface area contributed by atoms with Gasteiger partial charge in [-0.2, -0.15) is 0 Å². The fraction of sp³-hybridized carbons (Fsp3) is 0.455. The Morgan fingerprint density at radius 3 is 2.08 bits per heavy atom. The average molecular weight is 358 g/mol. The van der Waals surface area contributed by atoms with Crippen LogP contribution in [0.2, 0.25) is 0 Å². The summed E-state index contributed by atoms with van der Waals surface area (Å²) in [6.45, 7) is 11.2. The number of hydrogen-bond donors (Lipinski definition) is 0. The van der Waals surface area contributed by atoms with Crippen LogP contribution < -0.4 is 4.90 Å². The summed E-state index contributed by atoms with van der Waals surface area (Å²) in [4.78, 5) is 4.52. The predicted octanol–water partition coefficient (Wildman–Crippen LogP) is 5.15. The molecule has 0 spiro atoms. The smallest absolute Gasteiger partial charge is 0.128 e. The topological polar surface area (TPSA) is 6.48 Å². The van der Waals surface area contributed by atoms with Crippen LogP contribution in [-0.2, 0) is 19.5 Å². The van der Waals surface area contributed by atoms with E-state index in [0.717, 1.165) is 48.4 Å². The molecule has 2 heterocycles. The van der Waals surface area contributed by atoms with E-state index in [1.165, 1.54) is 0 Å². The van der Waals surface area contributed by atoms with Gasteiger partial charge in [0.25, 0.3) is 0 Å². The molecule has 0 unspecified atom stereocenters. The van der Waals surface area contributed by atoms with Gasteiger partial charge in [-0.1, -0.05) is 18.2 Å². The van der Waals surface area contributed by atoms with Crippen LogP contribution in [-0.4, -0.2) is 23.5 Å². The van der Waals surface area contributed by atoms with Gasteiger partial charge >= 0.3 is 0 Å². The summed E-state index contributed by atoms with van der Waals surface area (Å²) in [6.07, 6.45) is 0.847. The van der Waals surface area contributed by atoms with Crippen molar-refractivity contribution in [3.8, 4) is 0 Å². The molecule has 2 aliphatic heterocycles. The zero-order valence-electron chi connectivity index (χ0n) is 16.1. The predicted molar refractivity (Wildman–Crippen MR) is 103 cm³/mol. The number of halogens is 2. The minimum absolute atomic E-state index is 0.0550. The van der Waals surface area contributed by atoms with Crippen molar-refractivity contribution in [3.63, 3.8) is 0 Å². The first kappa shape index (κ1) is 18.8. The second-order valence-electron chi connectivity index (χ2n) is 7.65. The maximum atomic E-state index is 13.3. The van der Waals surface area contributed by atoms with Crippen LogP contribution in [0.4, 0.5) is 14.5 Å². The fourth-order valence-electron chi connectivity index (χ4n) is 3.72. The Hall–Kier alpha value is -1.94. The second-order valence-corrected chi connectivity index (χ2v) is 7.65. The van der Waals surface area contributed by atoms with E-state index in [1.54, 1.807) is 24.3 Å². The summed E-state index contributed by atoms with van der Waals surface area (Å²) in [6, 6.07) is 11.6. The summed E-state index contributed by atoms with van der Waals surface area (Å²) in [5.74, 6) is -0.110. The molecule has 0 N–H and O–H groups in total. The number of anilines is 1. The van der Waals surface area contributed by atoms with E-state index in [9.17, 15) is 8.78 Å². The van der Waals surface area contributed by atoms with Gasteiger partial charge in [-0.3, -0.25) is 4.90 Å². The Labute approximate surface area is 155 Å². The third kappa shape index (κ3) is 3.75. The van der Waals surface area contributed by atoms with Gasteiger partial charge in [0.1, 0.15) is 11.6 Å². The van der Waals surface area contributed by atoms with Crippen LogP contribution in [0.15, 0.2) is 36.4 Å². The Kier molecular flexibility index (Phi) is 5.61. The Bertz CT molecular complexity index is 771. The molecule has 0 saturated heterocycles. The van der Waals surface area contributed by atoms with Crippen LogP contribution in [0.25, 0.3) is 0 Å². The van der Waals surface area contributed by atoms with Gasteiger partial charge in [0, 0.05) is 48.5 Å². The Morgan fingerprint density at radius 1 is 0.808 bits per heavy atom. The molecule has 2 aromatic rings. The monoisotopic (exact) mass is 358 g/mol. The first-order valence-electron chi connectivity index (χ1n) is 9.42. The molecule has 140 valence electrons. The Balaban J connectivity index is 0.000000151. The van der Waals surface area contributed by atoms with Crippen molar-refractivity contribution in [1.82, 2.24) is 4.90 Å². The van der Waals surface area contributed by atoms with Crippen LogP contribution in [0.1, 0.15) is 44.4 Å². The van der Waals surface area contributed by atoms with Gasteiger partial charge in [-0.05, 0) is 57.9 Å². The van der Waals surface area contributed by atoms with Crippen molar-refractivity contribution in [2.75, 3.05) is 11.4 Å². The van der Waals surface area contributed by atoms with Crippen molar-refractivity contribution in [1.29, 1.82) is 0 Å². The molecule has 0 bridgehead atoms. The van der Waals surface area contributed by atoms with Crippen LogP contribution >= 0.6 is 0 Å². The largest absolute Gasteiger partial charge is 0.368 e. The first-order valence-corrected chi connectivity index (χ1v) is 9.42. The number of hydrogen-bond acceptors (Lipinski definition) is 2. The molecule has 0 fully saturated rings. The fourth-order valence-corrected chi connectivity index (χ4v) is 3.72. The Morgan fingerprint density at radius 2 is 1.46 bits per heavy atom. The molecule has 0 amide bonds. The highest BCUT2D eigenvalue weighted by Crippen LogP contribution is 2.31. The lowest BCUT2D eigenvalue weighted by molar-refractivity contribution is 0.226. The summed E-state index contributed by atoms with van der Waals surface area (Å²) in [7, 11) is 0. The molecular weight excluding hydrogens is 330 g/mol. The standard InChI is InChI=1S/2C11H14FN/c1-8(2)13-6-9-4-3-5-11(12)10(9)7-13;1-8(2)13-7-6-9-10(12)4-3-5-11(9)13/h2*3-5,8H,6-7H2,1-2H3. The van der Waals surface area contributed by atoms with Crippen molar-refractivity contribution < 1.29 is 8.78 Å². The zero-order valence-corrected chi connectivity index (χ0v) is 16.1. The maximum Gasteiger partial charge on any atom is 0.128 e. The molecule has 0 radical (unpaired) electrons. The summed E-state index contributed by atoms with van der Waals surface area (Å²) in [5.41, 5.74) is 4.00. The number of fused-ring (bicyclic) bond motifs is 2. The minimum atomic E-state index is -0.0550. The van der Waals surface area contributed by atoms with Gasteiger partial charge in [-0.15, -0.1) is 0 Å². The molecule has 0 atom stereocenters. The van der Waals surface area contributed by atoms with Crippen molar-refractivity contribution in [2.24, 2.45) is 0 Å². The lowest BCUT2D eigenvalue weighted by Gasteiger charge is -2.23. The van der Waals surface area contributed by atoms with E-state index in [0.29, 0.717) is 12.1 Å². The maximum absolute atomic E-state index is 13.3. The van der Waals surface area contributed by atoms with Gasteiger partial charge in [0.05, 0.1) is 0 Å². The normalized spacial score (nSPS) is 15.9. The summed E-state index contributed by atoms with van der Waals surface area (Å²) < 4.78 is 26.6. The lowest BCUT2D eigenvalue weighted by Crippen LogP contribution is -2.28. The third-order valence-electron chi connectivity index (χ3n) is 5.31. The van der Waals surface area contributed by atoms with Gasteiger partial charge in [0.15, 0.2) is 0 Å². The lowest BCUT2D eigenvalue weighted by atomic mass is 10.1. The molecular formula is C22H28F2N2. The van der Waals surface area contributed by atoms with E-state index in [1.807, 2.05) is 12.1 Å². The van der Waals surface area contributed by atoms with Crippen LogP contribution in [0, 0.1) is 11.6 Å². The second kappa shape index (κ2) is 7.75. The molecule has 4 heteroatoms. The SMILES string of the molecule is CC(C)N1CCc2c(F)cccc21.CC(C)N1Cc2cccc(F)c2C1. The number of rotatable bonds is 2. The number of nitrogens with zero attached hydrogens (tertiary/aromatic N) is 2. The highest BCUT2D eigenvalue weighted by atomic mass is 19.1. The van der Waals surface area contributed by atoms with Crippen molar-refractivity contribution in [2.45, 2.75) is 59.3 Å². The molecule has 0 aromatic heterocycles. The third-order valence-corrected chi connectivity index (χ3v) is 5.31. The van der Waals surface area contributed by atoms with E-state index in [2.05, 4.69) is 37.5 Å². The minimum Gasteiger partial charge on any atom is -0.368 e.